The standard InChI is InChI=1S/C17H16N4O4S/c18-26(24,25)13-7-5-12(6-8-13)9-19-16(22)10-21-11-20-15-4-2-1-3-14(15)17(21)23/h1-8,11H,9-10H2,(H,19,22)(H2,18,24,25). The van der Waals surface area contributed by atoms with E-state index in [-0.39, 0.29) is 29.5 Å². The summed E-state index contributed by atoms with van der Waals surface area (Å²) in [6, 6.07) is 12.8. The molecular formula is C17H16N4O4S. The van der Waals surface area contributed by atoms with Crippen molar-refractivity contribution in [1.29, 1.82) is 0 Å². The fourth-order valence-electron chi connectivity index (χ4n) is 2.43. The van der Waals surface area contributed by atoms with E-state index in [1.54, 1.807) is 36.4 Å². The predicted octanol–water partition coefficient (Wildman–Crippen LogP) is 0.360. The van der Waals surface area contributed by atoms with Crippen LogP contribution in [-0.2, 0) is 27.9 Å². The van der Waals surface area contributed by atoms with Gasteiger partial charge in [0.25, 0.3) is 5.56 Å². The van der Waals surface area contributed by atoms with Crippen LogP contribution in [0.25, 0.3) is 10.9 Å². The fourth-order valence-corrected chi connectivity index (χ4v) is 2.94. The topological polar surface area (TPSA) is 124 Å². The van der Waals surface area contributed by atoms with Gasteiger partial charge in [0.1, 0.15) is 6.54 Å². The van der Waals surface area contributed by atoms with Crippen LogP contribution < -0.4 is 16.0 Å². The van der Waals surface area contributed by atoms with Gasteiger partial charge >= 0.3 is 0 Å². The first-order valence-corrected chi connectivity index (χ1v) is 9.22. The van der Waals surface area contributed by atoms with Gasteiger partial charge in [0.2, 0.25) is 15.9 Å². The molecule has 0 bridgehead atoms. The van der Waals surface area contributed by atoms with E-state index in [0.29, 0.717) is 16.5 Å². The van der Waals surface area contributed by atoms with E-state index in [2.05, 4.69) is 10.3 Å². The molecule has 9 heteroatoms. The van der Waals surface area contributed by atoms with Crippen molar-refractivity contribution < 1.29 is 13.2 Å². The Hall–Kier alpha value is -3.04. The normalized spacial score (nSPS) is 11.4. The molecule has 0 saturated carbocycles. The number of nitrogens with zero attached hydrogens (tertiary/aromatic N) is 2. The maximum atomic E-state index is 12.3. The van der Waals surface area contributed by atoms with Gasteiger partial charge in [-0.1, -0.05) is 24.3 Å². The number of carbonyl (C=O) groups is 1. The van der Waals surface area contributed by atoms with Crippen LogP contribution in [0.1, 0.15) is 5.56 Å². The summed E-state index contributed by atoms with van der Waals surface area (Å²) >= 11 is 0. The molecule has 0 atom stereocenters. The van der Waals surface area contributed by atoms with E-state index < -0.39 is 10.0 Å². The summed E-state index contributed by atoms with van der Waals surface area (Å²) in [6.45, 7) is 0.0332. The van der Waals surface area contributed by atoms with E-state index in [0.717, 1.165) is 0 Å². The van der Waals surface area contributed by atoms with Crippen molar-refractivity contribution in [2.45, 2.75) is 18.0 Å². The van der Waals surface area contributed by atoms with Crippen molar-refractivity contribution in [1.82, 2.24) is 14.9 Å². The Morgan fingerprint density at radius 3 is 2.50 bits per heavy atom. The highest BCUT2D eigenvalue weighted by molar-refractivity contribution is 7.89. The lowest BCUT2D eigenvalue weighted by Gasteiger charge is -2.08. The minimum Gasteiger partial charge on any atom is -0.350 e. The van der Waals surface area contributed by atoms with Crippen LogP contribution >= 0.6 is 0 Å². The SMILES string of the molecule is NS(=O)(=O)c1ccc(CNC(=O)Cn2cnc3ccccc3c2=O)cc1. The third-order valence-corrected chi connectivity index (χ3v) is 4.72. The molecule has 0 saturated heterocycles. The molecule has 1 heterocycles. The highest BCUT2D eigenvalue weighted by Crippen LogP contribution is 2.08. The number of sulfonamides is 1. The summed E-state index contributed by atoms with van der Waals surface area (Å²) < 4.78 is 23.7. The Bertz CT molecular complexity index is 1120. The Morgan fingerprint density at radius 1 is 1.12 bits per heavy atom. The number of hydrogen-bond donors (Lipinski definition) is 2. The van der Waals surface area contributed by atoms with Gasteiger partial charge in [-0.15, -0.1) is 0 Å². The molecule has 0 spiro atoms. The molecule has 0 aliphatic heterocycles. The third kappa shape index (κ3) is 3.95. The molecule has 3 rings (SSSR count). The minimum absolute atomic E-state index is 0.00127. The number of fused-ring (bicyclic) bond motifs is 1. The maximum absolute atomic E-state index is 12.3. The summed E-state index contributed by atoms with van der Waals surface area (Å²) in [6.07, 6.45) is 1.34. The first kappa shape index (κ1) is 17.8. The van der Waals surface area contributed by atoms with Crippen molar-refractivity contribution in [3.63, 3.8) is 0 Å². The number of benzene rings is 2. The van der Waals surface area contributed by atoms with Crippen molar-refractivity contribution in [3.8, 4) is 0 Å². The number of rotatable bonds is 5. The van der Waals surface area contributed by atoms with Crippen LogP contribution in [0, 0.1) is 0 Å². The maximum Gasteiger partial charge on any atom is 0.261 e. The monoisotopic (exact) mass is 372 g/mol. The molecule has 0 aliphatic carbocycles. The van der Waals surface area contributed by atoms with Crippen LogP contribution in [0.4, 0.5) is 0 Å². The molecule has 3 N–H and O–H groups in total. The van der Waals surface area contributed by atoms with Crippen LogP contribution in [0.5, 0.6) is 0 Å². The molecule has 0 aliphatic rings. The minimum atomic E-state index is -3.75. The molecule has 1 amide bonds. The van der Waals surface area contributed by atoms with E-state index in [9.17, 15) is 18.0 Å². The quantitative estimate of drug-likeness (QED) is 0.669. The molecule has 3 aromatic rings. The first-order valence-electron chi connectivity index (χ1n) is 7.67. The van der Waals surface area contributed by atoms with E-state index in [4.69, 9.17) is 5.14 Å². The summed E-state index contributed by atoms with van der Waals surface area (Å²) in [4.78, 5) is 28.6. The molecule has 8 nitrogen and oxygen atoms in total. The van der Waals surface area contributed by atoms with Gasteiger partial charge in [-0.05, 0) is 29.8 Å². The second-order valence-electron chi connectivity index (χ2n) is 5.66. The molecule has 1 aromatic heterocycles. The Morgan fingerprint density at radius 2 is 1.81 bits per heavy atom. The largest absolute Gasteiger partial charge is 0.350 e. The Labute approximate surface area is 149 Å². The highest BCUT2D eigenvalue weighted by atomic mass is 32.2. The van der Waals surface area contributed by atoms with Crippen molar-refractivity contribution in [2.75, 3.05) is 0 Å². The predicted molar refractivity (Wildman–Crippen MR) is 95.7 cm³/mol. The zero-order valence-corrected chi connectivity index (χ0v) is 14.4. The summed E-state index contributed by atoms with van der Waals surface area (Å²) in [7, 11) is -3.75. The number of aromatic nitrogens is 2. The van der Waals surface area contributed by atoms with Gasteiger partial charge < -0.3 is 5.32 Å². The molecule has 26 heavy (non-hydrogen) atoms. The Kier molecular flexibility index (Phi) is 4.83. The number of para-hydroxylation sites is 1. The second kappa shape index (κ2) is 7.06. The molecule has 2 aromatic carbocycles. The first-order chi connectivity index (χ1) is 12.3. The van der Waals surface area contributed by atoms with E-state index >= 15 is 0 Å². The number of nitrogens with two attached hydrogens (primary N) is 1. The van der Waals surface area contributed by atoms with Gasteiger partial charge in [0.05, 0.1) is 22.1 Å². The van der Waals surface area contributed by atoms with Gasteiger partial charge in [0.15, 0.2) is 0 Å². The molecule has 0 fully saturated rings. The third-order valence-electron chi connectivity index (χ3n) is 3.79. The number of primary sulfonamides is 1. The van der Waals surface area contributed by atoms with Crippen molar-refractivity contribution in [2.24, 2.45) is 5.14 Å². The lowest BCUT2D eigenvalue weighted by Crippen LogP contribution is -2.32. The molecule has 0 unspecified atom stereocenters. The van der Waals surface area contributed by atoms with Gasteiger partial charge in [0, 0.05) is 6.54 Å². The van der Waals surface area contributed by atoms with Gasteiger partial charge in [-0.25, -0.2) is 18.5 Å². The average molecular weight is 372 g/mol. The molecular weight excluding hydrogens is 356 g/mol. The Balaban J connectivity index is 1.66. The molecule has 134 valence electrons. The van der Waals surface area contributed by atoms with Crippen LogP contribution in [0.15, 0.2) is 64.5 Å². The van der Waals surface area contributed by atoms with Crippen LogP contribution in [-0.4, -0.2) is 23.9 Å². The zero-order chi connectivity index (χ0) is 18.7. The number of nitrogens with one attached hydrogen (secondary N) is 1. The smallest absolute Gasteiger partial charge is 0.261 e. The summed E-state index contributed by atoms with van der Waals surface area (Å²) in [5, 5.41) is 8.15. The van der Waals surface area contributed by atoms with E-state index in [1.807, 2.05) is 0 Å². The number of amides is 1. The molecule has 0 radical (unpaired) electrons. The lowest BCUT2D eigenvalue weighted by molar-refractivity contribution is -0.121. The van der Waals surface area contributed by atoms with Crippen LogP contribution in [0.2, 0.25) is 0 Å². The fraction of sp³-hybridized carbons (Fsp3) is 0.118. The zero-order valence-electron chi connectivity index (χ0n) is 13.6. The van der Waals surface area contributed by atoms with Crippen molar-refractivity contribution >= 4 is 26.8 Å². The summed E-state index contributed by atoms with van der Waals surface area (Å²) in [5.41, 5.74) is 0.988. The highest BCUT2D eigenvalue weighted by Gasteiger charge is 2.09. The summed E-state index contributed by atoms with van der Waals surface area (Å²) in [5.74, 6) is -0.361. The van der Waals surface area contributed by atoms with Gasteiger partial charge in [-0.2, -0.15) is 0 Å². The van der Waals surface area contributed by atoms with E-state index in [1.165, 1.54) is 23.0 Å². The number of carbonyl (C=O) groups excluding carboxylic acids is 1. The average Bonchev–Trinajstić information content (AvgIpc) is 2.62. The van der Waals surface area contributed by atoms with Crippen LogP contribution in [0.3, 0.4) is 0 Å². The lowest BCUT2D eigenvalue weighted by atomic mass is 10.2. The number of hydrogen-bond acceptors (Lipinski definition) is 5. The second-order valence-corrected chi connectivity index (χ2v) is 7.22. The van der Waals surface area contributed by atoms with Crippen molar-refractivity contribution in [3.05, 3.63) is 70.8 Å². The van der Waals surface area contributed by atoms with Gasteiger partial charge in [-0.3, -0.25) is 14.2 Å².